The summed E-state index contributed by atoms with van der Waals surface area (Å²) < 4.78 is 28.9. The summed E-state index contributed by atoms with van der Waals surface area (Å²) in [6, 6.07) is 3.89. The van der Waals surface area contributed by atoms with Crippen molar-refractivity contribution in [2.75, 3.05) is 24.7 Å². The van der Waals surface area contributed by atoms with Crippen LogP contribution in [0, 0.1) is 10.1 Å². The van der Waals surface area contributed by atoms with E-state index in [1.807, 2.05) is 0 Å². The highest BCUT2D eigenvalue weighted by Crippen LogP contribution is 2.27. The Morgan fingerprint density at radius 1 is 1.25 bits per heavy atom. The predicted molar refractivity (Wildman–Crippen MR) is 92.1 cm³/mol. The molecule has 0 aromatic heterocycles. The molecule has 0 spiro atoms. The third-order valence-corrected chi connectivity index (χ3v) is 5.28. The molecule has 134 valence electrons. The summed E-state index contributed by atoms with van der Waals surface area (Å²) >= 11 is 0. The minimum atomic E-state index is -3.48. The number of hydrogen-bond donors (Lipinski definition) is 1. The van der Waals surface area contributed by atoms with Crippen LogP contribution >= 0.6 is 0 Å². The second kappa shape index (κ2) is 8.43. The number of nitro benzene ring substituents is 1. The van der Waals surface area contributed by atoms with Crippen molar-refractivity contribution in [1.82, 2.24) is 0 Å². The second-order valence-electron chi connectivity index (χ2n) is 6.12. The number of nitro groups is 1. The van der Waals surface area contributed by atoms with Gasteiger partial charge in [-0.1, -0.05) is 25.7 Å². The van der Waals surface area contributed by atoms with Crippen molar-refractivity contribution in [1.29, 1.82) is 0 Å². The van der Waals surface area contributed by atoms with Crippen molar-refractivity contribution in [2.45, 2.75) is 49.5 Å². The monoisotopic (exact) mass is 356 g/mol. The van der Waals surface area contributed by atoms with Gasteiger partial charge < -0.3 is 10.1 Å². The number of sulfone groups is 1. The van der Waals surface area contributed by atoms with Gasteiger partial charge >= 0.3 is 0 Å². The summed E-state index contributed by atoms with van der Waals surface area (Å²) in [5.74, 6) is 0. The highest BCUT2D eigenvalue weighted by atomic mass is 32.2. The van der Waals surface area contributed by atoms with E-state index < -0.39 is 14.8 Å². The van der Waals surface area contributed by atoms with Crippen LogP contribution in [0.3, 0.4) is 0 Å². The number of anilines is 1. The molecule has 1 aliphatic carbocycles. The van der Waals surface area contributed by atoms with Crippen LogP contribution < -0.4 is 5.32 Å². The first-order valence-corrected chi connectivity index (χ1v) is 10.1. The maximum Gasteiger partial charge on any atom is 0.293 e. The van der Waals surface area contributed by atoms with E-state index in [9.17, 15) is 18.5 Å². The third kappa shape index (κ3) is 5.45. The van der Waals surface area contributed by atoms with Crippen LogP contribution in [0.1, 0.15) is 38.5 Å². The van der Waals surface area contributed by atoms with E-state index >= 15 is 0 Å². The van der Waals surface area contributed by atoms with E-state index in [4.69, 9.17) is 4.74 Å². The molecular formula is C16H24N2O5S. The minimum absolute atomic E-state index is 0.0607. The van der Waals surface area contributed by atoms with Gasteiger partial charge in [-0.2, -0.15) is 0 Å². The zero-order valence-electron chi connectivity index (χ0n) is 13.9. The molecule has 0 saturated heterocycles. The molecule has 0 aliphatic heterocycles. The smallest absolute Gasteiger partial charge is 0.293 e. The molecule has 24 heavy (non-hydrogen) atoms. The molecule has 7 nitrogen and oxygen atoms in total. The first-order chi connectivity index (χ1) is 11.4. The molecular weight excluding hydrogens is 332 g/mol. The lowest BCUT2D eigenvalue weighted by molar-refractivity contribution is -0.384. The Labute approximate surface area is 142 Å². The molecule has 8 heteroatoms. The van der Waals surface area contributed by atoms with Gasteiger partial charge in [-0.25, -0.2) is 8.42 Å². The molecule has 2 rings (SSSR count). The fourth-order valence-electron chi connectivity index (χ4n) is 2.86. The van der Waals surface area contributed by atoms with Crippen molar-refractivity contribution < 1.29 is 18.1 Å². The molecule has 1 N–H and O–H groups in total. The summed E-state index contributed by atoms with van der Waals surface area (Å²) in [6.45, 7) is 0.908. The fourth-order valence-corrected chi connectivity index (χ4v) is 3.50. The molecule has 1 aromatic carbocycles. The quantitative estimate of drug-likeness (QED) is 0.349. The highest BCUT2D eigenvalue weighted by Gasteiger charge is 2.18. The molecule has 0 radical (unpaired) electrons. The Morgan fingerprint density at radius 3 is 2.50 bits per heavy atom. The lowest BCUT2D eigenvalue weighted by atomic mass is 10.1. The van der Waals surface area contributed by atoms with Crippen LogP contribution in [0.15, 0.2) is 23.1 Å². The van der Waals surface area contributed by atoms with Crippen molar-refractivity contribution in [2.24, 2.45) is 0 Å². The Balaban J connectivity index is 1.93. The van der Waals surface area contributed by atoms with Crippen molar-refractivity contribution in [3.05, 3.63) is 28.3 Å². The molecule has 0 heterocycles. The third-order valence-electron chi connectivity index (χ3n) is 4.17. The average Bonchev–Trinajstić information content (AvgIpc) is 2.79. The zero-order valence-corrected chi connectivity index (χ0v) is 14.7. The Morgan fingerprint density at radius 2 is 1.92 bits per heavy atom. The fraction of sp³-hybridized carbons (Fsp3) is 0.625. The van der Waals surface area contributed by atoms with Gasteiger partial charge in [0.05, 0.1) is 22.5 Å². The largest absolute Gasteiger partial charge is 0.377 e. The Bertz CT molecular complexity index is 667. The van der Waals surface area contributed by atoms with E-state index in [0.717, 1.165) is 25.2 Å². The van der Waals surface area contributed by atoms with Gasteiger partial charge in [-0.15, -0.1) is 0 Å². The van der Waals surface area contributed by atoms with Crippen molar-refractivity contribution in [3.63, 3.8) is 0 Å². The normalized spacial score (nSPS) is 16.5. The molecule has 1 aromatic rings. The Kier molecular flexibility index (Phi) is 6.56. The van der Waals surface area contributed by atoms with Gasteiger partial charge in [-0.3, -0.25) is 10.1 Å². The van der Waals surface area contributed by atoms with Crippen LogP contribution in [-0.2, 0) is 14.6 Å². The summed E-state index contributed by atoms with van der Waals surface area (Å²) in [6.07, 6.45) is 8.35. The summed E-state index contributed by atoms with van der Waals surface area (Å²) in [5, 5.41) is 14.1. The van der Waals surface area contributed by atoms with Gasteiger partial charge in [0.1, 0.15) is 5.69 Å². The number of benzene rings is 1. The lowest BCUT2D eigenvalue weighted by Crippen LogP contribution is -2.18. The predicted octanol–water partition coefficient (Wildman–Crippen LogP) is 3.15. The van der Waals surface area contributed by atoms with E-state index in [1.165, 1.54) is 37.8 Å². The number of rotatable bonds is 7. The SMILES string of the molecule is CS(=O)(=O)c1ccc(NCCOC2CCCCCC2)c([N+](=O)[O-])c1. The summed E-state index contributed by atoms with van der Waals surface area (Å²) in [7, 11) is -3.48. The number of nitrogens with one attached hydrogen (secondary N) is 1. The molecule has 0 unspecified atom stereocenters. The Hall–Kier alpha value is -1.67. The van der Waals surface area contributed by atoms with Crippen LogP contribution in [0.5, 0.6) is 0 Å². The molecule has 0 bridgehead atoms. The maximum atomic E-state index is 11.5. The molecule has 0 atom stereocenters. The second-order valence-corrected chi connectivity index (χ2v) is 8.14. The van der Waals surface area contributed by atoms with Crippen LogP contribution in [0.25, 0.3) is 0 Å². The standard InChI is InChI=1S/C16H24N2O5S/c1-24(21,22)14-8-9-15(16(12-14)18(19)20)17-10-11-23-13-6-4-2-3-5-7-13/h8-9,12-13,17H,2-7,10-11H2,1H3. The van der Waals surface area contributed by atoms with Crippen LogP contribution in [0.2, 0.25) is 0 Å². The van der Waals surface area contributed by atoms with Gasteiger partial charge in [-0.05, 0) is 25.0 Å². The van der Waals surface area contributed by atoms with Crippen LogP contribution in [0.4, 0.5) is 11.4 Å². The van der Waals surface area contributed by atoms with Crippen LogP contribution in [-0.4, -0.2) is 38.9 Å². The number of nitrogens with zero attached hydrogens (tertiary/aromatic N) is 1. The van der Waals surface area contributed by atoms with Gasteiger partial charge in [0.15, 0.2) is 9.84 Å². The first kappa shape index (κ1) is 18.7. The minimum Gasteiger partial charge on any atom is -0.377 e. The van der Waals surface area contributed by atoms with Gasteiger partial charge in [0.25, 0.3) is 5.69 Å². The molecule has 1 fully saturated rings. The average molecular weight is 356 g/mol. The topological polar surface area (TPSA) is 98.5 Å². The van der Waals surface area contributed by atoms with Gasteiger partial charge in [0.2, 0.25) is 0 Å². The lowest BCUT2D eigenvalue weighted by Gasteiger charge is -2.16. The molecule has 1 aliphatic rings. The maximum absolute atomic E-state index is 11.5. The number of ether oxygens (including phenoxy) is 1. The van der Waals surface area contributed by atoms with Crippen molar-refractivity contribution >= 4 is 21.2 Å². The van der Waals surface area contributed by atoms with E-state index in [-0.39, 0.29) is 16.7 Å². The first-order valence-electron chi connectivity index (χ1n) is 8.22. The van der Waals surface area contributed by atoms with Crippen molar-refractivity contribution in [3.8, 4) is 0 Å². The molecule has 0 amide bonds. The summed E-state index contributed by atoms with van der Waals surface area (Å²) in [4.78, 5) is 10.5. The number of hydrogen-bond acceptors (Lipinski definition) is 6. The molecule has 1 saturated carbocycles. The highest BCUT2D eigenvalue weighted by molar-refractivity contribution is 7.90. The van der Waals surface area contributed by atoms with E-state index in [2.05, 4.69) is 5.32 Å². The van der Waals surface area contributed by atoms with E-state index in [1.54, 1.807) is 0 Å². The van der Waals surface area contributed by atoms with Gasteiger partial charge in [0, 0.05) is 18.9 Å². The zero-order chi connectivity index (χ0) is 17.6. The van der Waals surface area contributed by atoms with E-state index in [0.29, 0.717) is 18.8 Å². The summed E-state index contributed by atoms with van der Waals surface area (Å²) in [5.41, 5.74) is 0.0595.